The normalized spacial score (nSPS) is 15.3. The minimum Gasteiger partial charge on any atom is -0.465 e. The van der Waals surface area contributed by atoms with Crippen LogP contribution in [0, 0.1) is 0 Å². The molecule has 1 atom stereocenters. The number of carboxylic acid groups (broad SMARTS) is 1. The monoisotopic (exact) mass is 181 g/mol. The lowest BCUT2D eigenvalue weighted by molar-refractivity contribution is -0.114. The zero-order chi connectivity index (χ0) is 9.78. The van der Waals surface area contributed by atoms with Crippen molar-refractivity contribution < 1.29 is 23.5 Å². The van der Waals surface area contributed by atoms with Crippen molar-refractivity contribution in [3.8, 4) is 0 Å². The number of hydrogen-bond donors (Lipinski definition) is 2. The highest BCUT2D eigenvalue weighted by atomic mass is 19.3. The third-order valence-corrected chi connectivity index (χ3v) is 1.23. The Hall–Kier alpha value is -1.20. The van der Waals surface area contributed by atoms with Crippen molar-refractivity contribution in [2.75, 3.05) is 0 Å². The predicted octanol–water partition coefficient (Wildman–Crippen LogP) is 0.867. The zero-order valence-electron chi connectivity index (χ0n) is 6.38. The molecule has 0 fully saturated rings. The molecule has 0 radical (unpaired) electrons. The van der Waals surface area contributed by atoms with Gasteiger partial charge in [0.05, 0.1) is 0 Å². The van der Waals surface area contributed by atoms with Crippen LogP contribution in [0.3, 0.4) is 0 Å². The molecule has 0 spiro atoms. The highest BCUT2D eigenvalue weighted by Crippen LogP contribution is 2.12. The van der Waals surface area contributed by atoms with Crippen molar-refractivity contribution in [1.82, 2.24) is 5.32 Å². The van der Waals surface area contributed by atoms with Crippen LogP contribution >= 0.6 is 0 Å². The summed E-state index contributed by atoms with van der Waals surface area (Å²) in [5.74, 6) is 0. The van der Waals surface area contributed by atoms with E-state index in [0.717, 1.165) is 6.92 Å². The number of nitrogens with one attached hydrogen (secondary N) is 1. The van der Waals surface area contributed by atoms with Crippen LogP contribution in [-0.2, 0) is 4.79 Å². The van der Waals surface area contributed by atoms with Crippen molar-refractivity contribution in [3.63, 3.8) is 0 Å². The topological polar surface area (TPSA) is 66.4 Å². The lowest BCUT2D eigenvalue weighted by Crippen LogP contribution is -2.48. The summed E-state index contributed by atoms with van der Waals surface area (Å²) >= 11 is 0. The number of hydrogen-bond acceptors (Lipinski definition) is 2. The Morgan fingerprint density at radius 3 is 2.50 bits per heavy atom. The van der Waals surface area contributed by atoms with Gasteiger partial charge in [0.25, 0.3) is 0 Å². The predicted molar refractivity (Wildman–Crippen MR) is 36.3 cm³/mol. The van der Waals surface area contributed by atoms with Gasteiger partial charge in [0, 0.05) is 6.42 Å². The number of halogens is 2. The Bertz CT molecular complexity index is 186. The fourth-order valence-corrected chi connectivity index (χ4v) is 0.693. The van der Waals surface area contributed by atoms with Gasteiger partial charge in [-0.25, -0.2) is 13.6 Å². The van der Waals surface area contributed by atoms with E-state index < -0.39 is 24.5 Å². The average Bonchev–Trinajstić information content (AvgIpc) is 1.83. The summed E-state index contributed by atoms with van der Waals surface area (Å²) < 4.78 is 23.6. The maximum atomic E-state index is 11.8. The van der Waals surface area contributed by atoms with Gasteiger partial charge in [-0.1, -0.05) is 0 Å². The van der Waals surface area contributed by atoms with Crippen LogP contribution in [0.5, 0.6) is 0 Å². The molecule has 0 saturated carbocycles. The van der Waals surface area contributed by atoms with E-state index in [1.54, 1.807) is 5.32 Å². The average molecular weight is 181 g/mol. The van der Waals surface area contributed by atoms with Crippen LogP contribution < -0.4 is 5.32 Å². The molecule has 12 heavy (non-hydrogen) atoms. The molecule has 0 aromatic carbocycles. The molecule has 0 aliphatic carbocycles. The van der Waals surface area contributed by atoms with Crippen LogP contribution in [-0.4, -0.2) is 29.5 Å². The van der Waals surface area contributed by atoms with Gasteiger partial charge in [-0.15, -0.1) is 0 Å². The van der Waals surface area contributed by atoms with Gasteiger partial charge in [0.1, 0.15) is 11.8 Å². The second kappa shape index (κ2) is 3.99. The molecule has 0 rings (SSSR count). The van der Waals surface area contributed by atoms with E-state index in [1.165, 1.54) is 0 Å². The fourth-order valence-electron chi connectivity index (χ4n) is 0.693. The van der Waals surface area contributed by atoms with Crippen molar-refractivity contribution in [1.29, 1.82) is 0 Å². The molecule has 0 aliphatic heterocycles. The Kier molecular flexibility index (Phi) is 3.59. The van der Waals surface area contributed by atoms with E-state index in [4.69, 9.17) is 5.11 Å². The number of carbonyl (C=O) groups excluding carboxylic acids is 1. The van der Waals surface area contributed by atoms with Crippen molar-refractivity contribution in [2.45, 2.75) is 25.3 Å². The third-order valence-electron chi connectivity index (χ3n) is 1.23. The van der Waals surface area contributed by atoms with Gasteiger partial charge in [0.15, 0.2) is 0 Å². The van der Waals surface area contributed by atoms with Gasteiger partial charge >= 0.3 is 6.09 Å². The molecule has 0 saturated heterocycles. The second-order valence-corrected chi connectivity index (χ2v) is 2.56. The Morgan fingerprint density at radius 2 is 2.25 bits per heavy atom. The highest BCUT2D eigenvalue weighted by Gasteiger charge is 2.29. The van der Waals surface area contributed by atoms with E-state index >= 15 is 0 Å². The lowest BCUT2D eigenvalue weighted by Gasteiger charge is -2.21. The van der Waals surface area contributed by atoms with Crippen LogP contribution in [0.4, 0.5) is 13.6 Å². The molecule has 0 aliphatic rings. The summed E-state index contributed by atoms with van der Waals surface area (Å²) in [6, 6.07) is 0. The first-order valence-electron chi connectivity index (χ1n) is 3.15. The van der Waals surface area contributed by atoms with E-state index in [2.05, 4.69) is 0 Å². The number of alkyl halides is 2. The van der Waals surface area contributed by atoms with Crippen LogP contribution in [0.1, 0.15) is 13.3 Å². The smallest absolute Gasteiger partial charge is 0.405 e. The minimum absolute atomic E-state index is 0.160. The van der Waals surface area contributed by atoms with Gasteiger partial charge in [0.2, 0.25) is 6.43 Å². The highest BCUT2D eigenvalue weighted by molar-refractivity contribution is 5.74. The Morgan fingerprint density at radius 1 is 1.75 bits per heavy atom. The molecule has 0 heterocycles. The lowest BCUT2D eigenvalue weighted by atomic mass is 10.0. The summed E-state index contributed by atoms with van der Waals surface area (Å²) in [5, 5.41) is 9.88. The molecule has 6 heteroatoms. The number of amides is 1. The largest absolute Gasteiger partial charge is 0.465 e. The van der Waals surface area contributed by atoms with Gasteiger partial charge in [-0.05, 0) is 6.92 Å². The first-order valence-corrected chi connectivity index (χ1v) is 3.15. The Labute approximate surface area is 67.6 Å². The fraction of sp³-hybridized carbons (Fsp3) is 0.667. The van der Waals surface area contributed by atoms with E-state index in [0.29, 0.717) is 0 Å². The first-order chi connectivity index (χ1) is 5.39. The standard InChI is InChI=1S/C6H9F2NO3/c1-6(3-10,2-4(7)8)9-5(11)12/h3-4,9H,2H2,1H3,(H,11,12). The van der Waals surface area contributed by atoms with Crippen molar-refractivity contribution in [3.05, 3.63) is 0 Å². The number of carbonyl (C=O) groups is 2. The molecule has 2 N–H and O–H groups in total. The molecule has 1 unspecified atom stereocenters. The summed E-state index contributed by atoms with van der Waals surface area (Å²) in [6.45, 7) is 1.10. The van der Waals surface area contributed by atoms with Crippen molar-refractivity contribution >= 4 is 12.4 Å². The molecule has 0 bridgehead atoms. The minimum atomic E-state index is -2.72. The molecule has 4 nitrogen and oxygen atoms in total. The van der Waals surface area contributed by atoms with Gasteiger partial charge in [-0.3, -0.25) is 0 Å². The van der Waals surface area contributed by atoms with E-state index in [1.807, 2.05) is 0 Å². The molecule has 1 amide bonds. The van der Waals surface area contributed by atoms with Crippen LogP contribution in [0.15, 0.2) is 0 Å². The summed E-state index contributed by atoms with van der Waals surface area (Å²) in [6.07, 6.45) is -4.87. The molecule has 0 aromatic rings. The SMILES string of the molecule is CC(C=O)(CC(F)F)NC(=O)O. The summed E-state index contributed by atoms with van der Waals surface area (Å²) in [7, 11) is 0. The van der Waals surface area contributed by atoms with Crippen molar-refractivity contribution in [2.24, 2.45) is 0 Å². The van der Waals surface area contributed by atoms with Gasteiger partial charge in [-0.2, -0.15) is 0 Å². The van der Waals surface area contributed by atoms with Gasteiger partial charge < -0.3 is 15.2 Å². The van der Waals surface area contributed by atoms with Crippen LogP contribution in [0.25, 0.3) is 0 Å². The second-order valence-electron chi connectivity index (χ2n) is 2.56. The third kappa shape index (κ3) is 3.85. The Balaban J connectivity index is 4.23. The zero-order valence-corrected chi connectivity index (χ0v) is 6.38. The molecule has 0 aromatic heterocycles. The molecule has 70 valence electrons. The summed E-state index contributed by atoms with van der Waals surface area (Å²) in [4.78, 5) is 20.3. The van der Waals surface area contributed by atoms with Crippen LogP contribution in [0.2, 0.25) is 0 Å². The number of rotatable bonds is 4. The maximum absolute atomic E-state index is 11.8. The molecular formula is C6H9F2NO3. The molecular weight excluding hydrogens is 172 g/mol. The summed E-state index contributed by atoms with van der Waals surface area (Å²) in [5.41, 5.74) is -1.69. The quantitative estimate of drug-likeness (QED) is 0.632. The van der Waals surface area contributed by atoms with E-state index in [9.17, 15) is 18.4 Å². The first kappa shape index (κ1) is 10.8. The maximum Gasteiger partial charge on any atom is 0.405 e. The van der Waals surface area contributed by atoms with E-state index in [-0.39, 0.29) is 6.29 Å². The number of aldehydes is 1.